The average molecular weight is 558 g/mol. The summed E-state index contributed by atoms with van der Waals surface area (Å²) in [5, 5.41) is 1.08. The number of ether oxygens (including phenoxy) is 1. The van der Waals surface area contributed by atoms with E-state index in [0.29, 0.717) is 21.0 Å². The van der Waals surface area contributed by atoms with Gasteiger partial charge >= 0.3 is 0 Å². The molecule has 0 unspecified atom stereocenters. The van der Waals surface area contributed by atoms with Gasteiger partial charge in [-0.3, -0.25) is 9.69 Å². The molecule has 6 nitrogen and oxygen atoms in total. The molecule has 0 N–H and O–H groups in total. The lowest BCUT2D eigenvalue weighted by molar-refractivity contribution is -0.130. The average Bonchev–Trinajstić information content (AvgIpc) is 2.82. The van der Waals surface area contributed by atoms with Gasteiger partial charge in [-0.25, -0.2) is 8.42 Å². The molecule has 2 heterocycles. The highest BCUT2D eigenvalue weighted by molar-refractivity contribution is 7.90. The number of piperidine rings is 2. The fraction of sp³-hybridized carbons (Fsp3) is 0.519. The minimum absolute atomic E-state index is 0. The normalized spacial score (nSPS) is 17.5. The van der Waals surface area contributed by atoms with Crippen molar-refractivity contribution in [3.63, 3.8) is 0 Å². The number of carbonyl (C=O) groups excluding carboxylic acids is 1. The third-order valence-corrected chi connectivity index (χ3v) is 8.41. The molecule has 2 aromatic carbocycles. The Bertz CT molecular complexity index is 1090. The van der Waals surface area contributed by atoms with Gasteiger partial charge in [0.1, 0.15) is 11.9 Å². The summed E-state index contributed by atoms with van der Waals surface area (Å²) in [7, 11) is -3.02. The van der Waals surface area contributed by atoms with Crippen molar-refractivity contribution in [1.29, 1.82) is 0 Å². The summed E-state index contributed by atoms with van der Waals surface area (Å²) in [6, 6.07) is 12.8. The van der Waals surface area contributed by atoms with Crippen molar-refractivity contribution in [2.75, 3.05) is 32.4 Å². The Morgan fingerprint density at radius 1 is 0.917 bits per heavy atom. The molecule has 2 fully saturated rings. The van der Waals surface area contributed by atoms with E-state index < -0.39 is 9.84 Å². The first-order chi connectivity index (χ1) is 16.5. The number of hydrogen-bond donors (Lipinski definition) is 0. The zero-order chi connectivity index (χ0) is 25.6. The second-order valence-corrected chi connectivity index (χ2v) is 12.1. The number of amides is 1. The van der Waals surface area contributed by atoms with Crippen LogP contribution in [0.25, 0.3) is 0 Å². The number of nitrogens with zero attached hydrogens (tertiary/aromatic N) is 2. The van der Waals surface area contributed by atoms with Gasteiger partial charge in [0.05, 0.1) is 14.9 Å². The van der Waals surface area contributed by atoms with E-state index in [0.717, 1.165) is 63.2 Å². The summed E-state index contributed by atoms with van der Waals surface area (Å²) < 4.78 is 27.9. The summed E-state index contributed by atoms with van der Waals surface area (Å²) in [6.07, 6.45) is 5.64. The van der Waals surface area contributed by atoms with E-state index in [9.17, 15) is 13.2 Å². The van der Waals surface area contributed by atoms with E-state index in [-0.39, 0.29) is 19.4 Å². The summed E-state index contributed by atoms with van der Waals surface area (Å²) >= 11 is 12.0. The Hall–Kier alpha value is -1.80. The van der Waals surface area contributed by atoms with Crippen molar-refractivity contribution in [2.45, 2.75) is 64.0 Å². The van der Waals surface area contributed by atoms with Gasteiger partial charge in [-0.2, -0.15) is 0 Å². The molecule has 0 aliphatic carbocycles. The van der Waals surface area contributed by atoms with Crippen LogP contribution in [0.2, 0.25) is 10.0 Å². The molecule has 2 saturated heterocycles. The lowest BCUT2D eigenvalue weighted by atomic mass is 9.99. The first kappa shape index (κ1) is 30.4. The molecule has 200 valence electrons. The van der Waals surface area contributed by atoms with E-state index in [1.165, 1.54) is 6.26 Å². The molecular formula is C27H38Cl2N2O4S. The van der Waals surface area contributed by atoms with Crippen LogP contribution >= 0.6 is 23.2 Å². The monoisotopic (exact) mass is 556 g/mol. The first-order valence-electron chi connectivity index (χ1n) is 11.9. The highest BCUT2D eigenvalue weighted by Crippen LogP contribution is 2.29. The number of carbonyl (C=O) groups is 1. The third kappa shape index (κ3) is 8.94. The zero-order valence-corrected chi connectivity index (χ0v) is 22.9. The number of sulfone groups is 1. The Morgan fingerprint density at radius 3 is 2.00 bits per heavy atom. The van der Waals surface area contributed by atoms with E-state index in [1.807, 2.05) is 17.9 Å². The van der Waals surface area contributed by atoms with Crippen LogP contribution in [0.5, 0.6) is 5.75 Å². The van der Waals surface area contributed by atoms with Crippen LogP contribution < -0.4 is 4.74 Å². The first-order valence-corrected chi connectivity index (χ1v) is 14.6. The summed E-state index contributed by atoms with van der Waals surface area (Å²) in [5.74, 6) is 0.986. The van der Waals surface area contributed by atoms with Crippen LogP contribution in [-0.2, 0) is 14.6 Å². The quantitative estimate of drug-likeness (QED) is 0.470. The predicted octanol–water partition coefficient (Wildman–Crippen LogP) is 5.88. The maximum atomic E-state index is 11.4. The summed E-state index contributed by atoms with van der Waals surface area (Å²) in [4.78, 5) is 16.3. The van der Waals surface area contributed by atoms with Gasteiger partial charge in [0.2, 0.25) is 5.91 Å². The molecule has 36 heavy (non-hydrogen) atoms. The molecule has 2 aliphatic rings. The number of halogens is 2. The third-order valence-electron chi connectivity index (χ3n) is 6.55. The van der Waals surface area contributed by atoms with Crippen molar-refractivity contribution in [3.05, 3.63) is 58.1 Å². The van der Waals surface area contributed by atoms with Gasteiger partial charge in [-0.1, -0.05) is 48.3 Å². The number of likely N-dealkylation sites (tertiary alicyclic amines) is 2. The van der Waals surface area contributed by atoms with Gasteiger partial charge < -0.3 is 9.64 Å². The van der Waals surface area contributed by atoms with Gasteiger partial charge in [-0.05, 0) is 56.9 Å². The summed E-state index contributed by atoms with van der Waals surface area (Å²) in [5.41, 5.74) is 1.07. The minimum atomic E-state index is -3.02. The highest BCUT2D eigenvalue weighted by atomic mass is 35.5. The SMILES string of the molecule is C.CC(=O)N1CCC(N2CCC(Oc3ccc(Cl)c(Cl)c3)CC2)CC1.Cc1ccc(S(C)(=O)=O)cc1. The van der Waals surface area contributed by atoms with Crippen LogP contribution in [0.3, 0.4) is 0 Å². The Labute approximate surface area is 226 Å². The number of hydrogen-bond acceptors (Lipinski definition) is 5. The zero-order valence-electron chi connectivity index (χ0n) is 20.5. The molecule has 0 aromatic heterocycles. The van der Waals surface area contributed by atoms with E-state index in [2.05, 4.69) is 4.90 Å². The topological polar surface area (TPSA) is 66.9 Å². The smallest absolute Gasteiger partial charge is 0.219 e. The second-order valence-electron chi connectivity index (χ2n) is 9.25. The molecule has 4 rings (SSSR count). The van der Waals surface area contributed by atoms with Crippen molar-refractivity contribution in [2.24, 2.45) is 0 Å². The lowest BCUT2D eigenvalue weighted by Crippen LogP contribution is -2.49. The van der Waals surface area contributed by atoms with Crippen molar-refractivity contribution in [1.82, 2.24) is 9.80 Å². The number of benzene rings is 2. The number of rotatable bonds is 4. The summed E-state index contributed by atoms with van der Waals surface area (Å²) in [6.45, 7) is 7.46. The fourth-order valence-corrected chi connectivity index (χ4v) is 5.35. The molecular weight excluding hydrogens is 519 g/mol. The standard InChI is InChI=1S/C18H24Cl2N2O2.C8H10O2S.CH4/c1-13(23)21-8-4-14(5-9-21)22-10-6-15(7-11-22)24-16-2-3-17(19)18(20)12-16;1-7-3-5-8(6-4-7)11(2,9)10;/h2-3,12,14-15H,4-11H2,1H3;3-6H,1-2H3;1H4. The van der Waals surface area contributed by atoms with E-state index in [1.54, 1.807) is 43.3 Å². The molecule has 0 atom stereocenters. The van der Waals surface area contributed by atoms with Crippen LogP contribution in [0.1, 0.15) is 45.6 Å². The lowest BCUT2D eigenvalue weighted by Gasteiger charge is -2.41. The van der Waals surface area contributed by atoms with Gasteiger partial charge in [0, 0.05) is 51.5 Å². The van der Waals surface area contributed by atoms with Gasteiger partial charge in [-0.15, -0.1) is 0 Å². The molecule has 0 saturated carbocycles. The van der Waals surface area contributed by atoms with Crippen molar-refractivity contribution >= 4 is 38.9 Å². The van der Waals surface area contributed by atoms with Crippen LogP contribution in [-0.4, -0.2) is 68.7 Å². The maximum absolute atomic E-state index is 11.4. The molecule has 0 radical (unpaired) electrons. The van der Waals surface area contributed by atoms with Crippen molar-refractivity contribution < 1.29 is 17.9 Å². The van der Waals surface area contributed by atoms with Crippen LogP contribution in [0.15, 0.2) is 47.4 Å². The minimum Gasteiger partial charge on any atom is -0.490 e. The largest absolute Gasteiger partial charge is 0.490 e. The van der Waals surface area contributed by atoms with E-state index >= 15 is 0 Å². The predicted molar refractivity (Wildman–Crippen MR) is 148 cm³/mol. The maximum Gasteiger partial charge on any atom is 0.219 e. The highest BCUT2D eigenvalue weighted by Gasteiger charge is 2.29. The fourth-order valence-electron chi connectivity index (χ4n) is 4.43. The van der Waals surface area contributed by atoms with Crippen molar-refractivity contribution in [3.8, 4) is 5.75 Å². The Balaban J connectivity index is 0.000000321. The van der Waals surface area contributed by atoms with Crippen LogP contribution in [0.4, 0.5) is 0 Å². The second kappa shape index (κ2) is 13.7. The van der Waals surface area contributed by atoms with Gasteiger partial charge in [0.15, 0.2) is 9.84 Å². The molecule has 2 aromatic rings. The van der Waals surface area contributed by atoms with E-state index in [4.69, 9.17) is 27.9 Å². The molecule has 1 amide bonds. The molecule has 9 heteroatoms. The van der Waals surface area contributed by atoms with Gasteiger partial charge in [0.25, 0.3) is 0 Å². The van der Waals surface area contributed by atoms with Crippen LogP contribution in [0, 0.1) is 6.92 Å². The molecule has 0 bridgehead atoms. The Morgan fingerprint density at radius 2 is 1.50 bits per heavy atom. The number of aryl methyl sites for hydroxylation is 1. The molecule has 2 aliphatic heterocycles. The Kier molecular flexibility index (Phi) is 11.5. The molecule has 0 spiro atoms.